The van der Waals surface area contributed by atoms with Crippen LogP contribution in [-0.2, 0) is 20.7 Å². The van der Waals surface area contributed by atoms with Crippen LogP contribution < -0.4 is 5.32 Å². The van der Waals surface area contributed by atoms with E-state index in [1.807, 2.05) is 19.1 Å². The van der Waals surface area contributed by atoms with Gasteiger partial charge in [0.05, 0.1) is 4.92 Å². The van der Waals surface area contributed by atoms with E-state index in [9.17, 15) is 19.7 Å². The fourth-order valence-corrected chi connectivity index (χ4v) is 2.24. The Morgan fingerprint density at radius 1 is 1.22 bits per heavy atom. The van der Waals surface area contributed by atoms with Crippen LogP contribution in [0.2, 0.25) is 0 Å². The summed E-state index contributed by atoms with van der Waals surface area (Å²) in [7, 11) is 0. The number of nitrogens with one attached hydrogen (secondary N) is 1. The van der Waals surface area contributed by atoms with Crippen molar-refractivity contribution in [3.63, 3.8) is 0 Å². The number of nitro benzene ring substituents is 1. The predicted octanol–water partition coefficient (Wildman–Crippen LogP) is 3.74. The molecule has 2 rings (SSSR count). The number of hydrogen-bond acceptors (Lipinski definition) is 5. The molecule has 0 saturated carbocycles. The fraction of sp³-hybridized carbons (Fsp3) is 0.200. The van der Waals surface area contributed by atoms with Crippen LogP contribution in [0.25, 0.3) is 6.08 Å². The van der Waals surface area contributed by atoms with Gasteiger partial charge in [0.2, 0.25) is 0 Å². The number of nitro groups is 1. The summed E-state index contributed by atoms with van der Waals surface area (Å²) in [5.74, 6) is -1.16. The second-order valence-corrected chi connectivity index (χ2v) is 5.80. The summed E-state index contributed by atoms with van der Waals surface area (Å²) in [5.41, 5.74) is 2.17. The van der Waals surface area contributed by atoms with Crippen LogP contribution in [0.4, 0.5) is 11.4 Å². The van der Waals surface area contributed by atoms with Gasteiger partial charge < -0.3 is 10.1 Å². The van der Waals surface area contributed by atoms with E-state index < -0.39 is 22.9 Å². The van der Waals surface area contributed by atoms with Crippen LogP contribution in [0.3, 0.4) is 0 Å². The molecule has 0 fully saturated rings. The number of aryl methyl sites for hydroxylation is 1. The molecule has 27 heavy (non-hydrogen) atoms. The van der Waals surface area contributed by atoms with E-state index in [0.29, 0.717) is 11.3 Å². The fourth-order valence-electron chi connectivity index (χ4n) is 2.24. The highest BCUT2D eigenvalue weighted by atomic mass is 16.6. The van der Waals surface area contributed by atoms with Gasteiger partial charge in [-0.3, -0.25) is 14.9 Å². The van der Waals surface area contributed by atoms with E-state index in [-0.39, 0.29) is 5.69 Å². The van der Waals surface area contributed by atoms with Crippen LogP contribution in [0.1, 0.15) is 25.0 Å². The summed E-state index contributed by atoms with van der Waals surface area (Å²) < 4.78 is 5.06. The quantitative estimate of drug-likeness (QED) is 0.347. The molecule has 0 heterocycles. The first-order valence-electron chi connectivity index (χ1n) is 8.42. The van der Waals surface area contributed by atoms with Crippen molar-refractivity contribution in [2.24, 2.45) is 0 Å². The minimum atomic E-state index is -0.988. The Bertz CT molecular complexity index is 859. The number of nitrogens with zero attached hydrogens (tertiary/aromatic N) is 1. The maximum absolute atomic E-state index is 12.1. The third-order valence-electron chi connectivity index (χ3n) is 3.78. The SMILES string of the molecule is CCc1ccc(NC(=O)C(C)OC(=O)/C=C/c2cccc([N+](=O)[O-])c2)cc1. The molecule has 7 nitrogen and oxygen atoms in total. The molecule has 0 bridgehead atoms. The van der Waals surface area contributed by atoms with E-state index in [4.69, 9.17) is 4.74 Å². The van der Waals surface area contributed by atoms with Crippen LogP contribution in [0.15, 0.2) is 54.6 Å². The average molecular weight is 368 g/mol. The smallest absolute Gasteiger partial charge is 0.331 e. The van der Waals surface area contributed by atoms with E-state index in [1.54, 1.807) is 18.2 Å². The molecule has 1 amide bonds. The molecule has 0 aliphatic heterocycles. The molecule has 0 radical (unpaired) electrons. The molecule has 0 aliphatic rings. The molecule has 2 aromatic carbocycles. The number of rotatable bonds is 7. The monoisotopic (exact) mass is 368 g/mol. The maximum Gasteiger partial charge on any atom is 0.331 e. The van der Waals surface area contributed by atoms with Gasteiger partial charge in [-0.15, -0.1) is 0 Å². The van der Waals surface area contributed by atoms with Gasteiger partial charge in [-0.25, -0.2) is 4.79 Å². The Hall–Kier alpha value is -3.48. The zero-order valence-corrected chi connectivity index (χ0v) is 15.0. The highest BCUT2D eigenvalue weighted by Crippen LogP contribution is 2.14. The number of benzene rings is 2. The molecular weight excluding hydrogens is 348 g/mol. The summed E-state index contributed by atoms with van der Waals surface area (Å²) in [4.78, 5) is 34.2. The Labute approximate surface area is 156 Å². The zero-order chi connectivity index (χ0) is 19.8. The molecule has 2 aromatic rings. The summed E-state index contributed by atoms with van der Waals surface area (Å²) in [6.45, 7) is 3.51. The summed E-state index contributed by atoms with van der Waals surface area (Å²) in [6.07, 6.45) is 2.43. The number of carbonyl (C=O) groups is 2. The standard InChI is InChI=1S/C20H20N2O5/c1-3-15-7-10-17(11-8-15)21-20(24)14(2)27-19(23)12-9-16-5-4-6-18(13-16)22(25)26/h4-14H,3H2,1-2H3,(H,21,24)/b12-9+. The number of esters is 1. The van der Waals surface area contributed by atoms with Crippen molar-refractivity contribution < 1.29 is 19.2 Å². The first-order valence-corrected chi connectivity index (χ1v) is 8.42. The first kappa shape index (κ1) is 19.8. The molecule has 1 unspecified atom stereocenters. The van der Waals surface area contributed by atoms with Gasteiger partial charge in [-0.1, -0.05) is 31.2 Å². The number of amides is 1. The number of hydrogen-bond donors (Lipinski definition) is 1. The lowest BCUT2D eigenvalue weighted by atomic mass is 10.1. The van der Waals surface area contributed by atoms with Crippen molar-refractivity contribution in [1.29, 1.82) is 0 Å². The van der Waals surface area contributed by atoms with E-state index >= 15 is 0 Å². The largest absolute Gasteiger partial charge is 0.449 e. The Kier molecular flexibility index (Phi) is 6.82. The van der Waals surface area contributed by atoms with Crippen LogP contribution in [0, 0.1) is 10.1 Å². The van der Waals surface area contributed by atoms with E-state index in [0.717, 1.165) is 18.1 Å². The van der Waals surface area contributed by atoms with Crippen LogP contribution in [-0.4, -0.2) is 22.9 Å². The van der Waals surface area contributed by atoms with Gasteiger partial charge in [0.1, 0.15) is 0 Å². The normalized spacial score (nSPS) is 11.8. The van der Waals surface area contributed by atoms with Crippen molar-refractivity contribution in [3.05, 3.63) is 75.8 Å². The van der Waals surface area contributed by atoms with E-state index in [2.05, 4.69) is 5.32 Å². The summed E-state index contributed by atoms with van der Waals surface area (Å²) in [5, 5.41) is 13.4. The second-order valence-electron chi connectivity index (χ2n) is 5.80. The number of ether oxygens (including phenoxy) is 1. The third kappa shape index (κ3) is 6.07. The van der Waals surface area contributed by atoms with Crippen LogP contribution >= 0.6 is 0 Å². The molecule has 1 N–H and O–H groups in total. The van der Waals surface area contributed by atoms with Gasteiger partial charge >= 0.3 is 5.97 Å². The van der Waals surface area contributed by atoms with Crippen molar-refractivity contribution in [1.82, 2.24) is 0 Å². The topological polar surface area (TPSA) is 98.5 Å². The highest BCUT2D eigenvalue weighted by molar-refractivity contribution is 5.96. The van der Waals surface area contributed by atoms with Gasteiger partial charge in [0, 0.05) is 23.9 Å². The minimum Gasteiger partial charge on any atom is -0.449 e. The van der Waals surface area contributed by atoms with Crippen molar-refractivity contribution >= 4 is 29.3 Å². The van der Waals surface area contributed by atoms with Gasteiger partial charge in [0.15, 0.2) is 6.10 Å². The molecule has 1 atom stereocenters. The molecule has 0 spiro atoms. The van der Waals surface area contributed by atoms with Gasteiger partial charge in [0.25, 0.3) is 11.6 Å². The maximum atomic E-state index is 12.1. The second kappa shape index (κ2) is 9.28. The molecule has 0 saturated heterocycles. The number of non-ortho nitro benzene ring substituents is 1. The Morgan fingerprint density at radius 3 is 2.56 bits per heavy atom. The van der Waals surface area contributed by atoms with Crippen molar-refractivity contribution in [2.75, 3.05) is 5.32 Å². The lowest BCUT2D eigenvalue weighted by Crippen LogP contribution is -2.29. The third-order valence-corrected chi connectivity index (χ3v) is 3.78. The summed E-state index contributed by atoms with van der Waals surface area (Å²) >= 11 is 0. The van der Waals surface area contributed by atoms with Crippen molar-refractivity contribution in [3.8, 4) is 0 Å². The molecule has 0 aromatic heterocycles. The van der Waals surface area contributed by atoms with Crippen LogP contribution in [0.5, 0.6) is 0 Å². The molecule has 7 heteroatoms. The highest BCUT2D eigenvalue weighted by Gasteiger charge is 2.16. The summed E-state index contributed by atoms with van der Waals surface area (Å²) in [6, 6.07) is 13.2. The number of anilines is 1. The van der Waals surface area contributed by atoms with Gasteiger partial charge in [-0.2, -0.15) is 0 Å². The predicted molar refractivity (Wildman–Crippen MR) is 102 cm³/mol. The Morgan fingerprint density at radius 2 is 1.93 bits per heavy atom. The molecule has 0 aliphatic carbocycles. The van der Waals surface area contributed by atoms with Gasteiger partial charge in [-0.05, 0) is 42.7 Å². The lowest BCUT2D eigenvalue weighted by molar-refractivity contribution is -0.384. The zero-order valence-electron chi connectivity index (χ0n) is 15.0. The average Bonchev–Trinajstić information content (AvgIpc) is 2.67. The van der Waals surface area contributed by atoms with E-state index in [1.165, 1.54) is 31.2 Å². The minimum absolute atomic E-state index is 0.0765. The molecular formula is C20H20N2O5. The lowest BCUT2D eigenvalue weighted by Gasteiger charge is -2.12. The van der Waals surface area contributed by atoms with Crippen molar-refractivity contribution in [2.45, 2.75) is 26.4 Å². The number of carbonyl (C=O) groups excluding carboxylic acids is 2. The Balaban J connectivity index is 1.91. The first-order chi connectivity index (χ1) is 12.9. The molecule has 140 valence electrons.